The molecule has 0 atom stereocenters. The summed E-state index contributed by atoms with van der Waals surface area (Å²) in [5.41, 5.74) is 6.32. The number of hydrogen-bond acceptors (Lipinski definition) is 1. The average Bonchev–Trinajstić information content (AvgIpc) is 2.20. The minimum Gasteiger partial charge on any atom is -0.370 e. The van der Waals surface area contributed by atoms with Gasteiger partial charge in [0.05, 0.1) is 6.54 Å². The molecule has 3 nitrogen and oxygen atoms in total. The lowest BCUT2D eigenvalue weighted by Gasteiger charge is -2.03. The van der Waals surface area contributed by atoms with Crippen molar-refractivity contribution in [1.29, 1.82) is 0 Å². The predicted molar refractivity (Wildman–Crippen MR) is 63.1 cm³/mol. The number of hydrogen-bond donors (Lipinski definition) is 2. The summed E-state index contributed by atoms with van der Waals surface area (Å²) in [6, 6.07) is 4.49. The van der Waals surface area contributed by atoms with E-state index in [0.717, 1.165) is 16.6 Å². The average molecular weight is 274 g/mol. The Balaban J connectivity index is 2.72. The Morgan fingerprint density at radius 2 is 2.33 bits per heavy atom. The Bertz CT molecular complexity index is 366. The smallest absolute Gasteiger partial charge is 0.188 e. The van der Waals surface area contributed by atoms with Crippen molar-refractivity contribution in [3.63, 3.8) is 0 Å². The predicted octanol–water partition coefficient (Wildman–Crippen LogP) is 2.01. The third-order valence-corrected chi connectivity index (χ3v) is 2.56. The largest absolute Gasteiger partial charge is 0.370 e. The first-order valence-corrected chi connectivity index (χ1v) is 5.40. The molecule has 1 aromatic rings. The molecule has 82 valence electrons. The first kappa shape index (κ1) is 12.0. The molecule has 1 rings (SSSR count). The highest BCUT2D eigenvalue weighted by atomic mass is 79.9. The fourth-order valence-corrected chi connectivity index (χ4v) is 1.44. The first-order valence-electron chi connectivity index (χ1n) is 4.61. The van der Waals surface area contributed by atoms with Crippen LogP contribution in [0.25, 0.3) is 0 Å². The van der Waals surface area contributed by atoms with Gasteiger partial charge in [-0.1, -0.05) is 15.9 Å². The minimum atomic E-state index is -0.273. The van der Waals surface area contributed by atoms with E-state index < -0.39 is 0 Å². The molecule has 0 saturated heterocycles. The van der Waals surface area contributed by atoms with E-state index in [1.807, 2.05) is 6.92 Å². The number of halogens is 2. The van der Waals surface area contributed by atoms with Crippen molar-refractivity contribution in [2.75, 3.05) is 6.54 Å². The van der Waals surface area contributed by atoms with Gasteiger partial charge in [-0.25, -0.2) is 9.38 Å². The van der Waals surface area contributed by atoms with Crippen LogP contribution in [-0.4, -0.2) is 12.5 Å². The summed E-state index contributed by atoms with van der Waals surface area (Å²) in [5.74, 6) is 0.0964. The van der Waals surface area contributed by atoms with Crippen LogP contribution in [0.4, 0.5) is 4.39 Å². The highest BCUT2D eigenvalue weighted by Gasteiger charge is 2.00. The second kappa shape index (κ2) is 5.70. The van der Waals surface area contributed by atoms with Crippen LogP contribution in [0, 0.1) is 5.82 Å². The summed E-state index contributed by atoms with van der Waals surface area (Å²) in [4.78, 5) is 4.07. The molecule has 0 aromatic heterocycles. The van der Waals surface area contributed by atoms with Crippen LogP contribution in [0.15, 0.2) is 27.7 Å². The Kier molecular flexibility index (Phi) is 4.55. The molecule has 1 aromatic carbocycles. The molecule has 0 radical (unpaired) electrons. The molecule has 0 unspecified atom stereocenters. The molecule has 0 spiro atoms. The molecule has 0 aliphatic heterocycles. The summed E-state index contributed by atoms with van der Waals surface area (Å²) in [7, 11) is 0. The zero-order chi connectivity index (χ0) is 11.3. The molecular weight excluding hydrogens is 261 g/mol. The van der Waals surface area contributed by atoms with Gasteiger partial charge < -0.3 is 11.1 Å². The van der Waals surface area contributed by atoms with Crippen LogP contribution in [0.1, 0.15) is 12.5 Å². The zero-order valence-electron chi connectivity index (χ0n) is 8.43. The van der Waals surface area contributed by atoms with E-state index in [2.05, 4.69) is 26.2 Å². The monoisotopic (exact) mass is 273 g/mol. The van der Waals surface area contributed by atoms with E-state index in [-0.39, 0.29) is 5.82 Å². The fourth-order valence-electron chi connectivity index (χ4n) is 1.07. The normalized spacial score (nSPS) is 11.5. The van der Waals surface area contributed by atoms with Gasteiger partial charge in [-0.3, -0.25) is 0 Å². The van der Waals surface area contributed by atoms with Gasteiger partial charge >= 0.3 is 0 Å². The lowest BCUT2D eigenvalue weighted by atomic mass is 10.2. The number of nitrogens with zero attached hydrogens (tertiary/aromatic N) is 1. The van der Waals surface area contributed by atoms with Crippen LogP contribution in [0.3, 0.4) is 0 Å². The Hall–Kier alpha value is -1.10. The standard InChI is InChI=1S/C10H13BrFN3/c1-2-14-10(13)15-6-7-5-8(12)3-4-9(7)11/h3-5H,2,6H2,1H3,(H3,13,14,15). The number of rotatable bonds is 3. The van der Waals surface area contributed by atoms with Gasteiger partial charge in [-0.15, -0.1) is 0 Å². The highest BCUT2D eigenvalue weighted by Crippen LogP contribution is 2.18. The zero-order valence-corrected chi connectivity index (χ0v) is 10.0. The molecule has 3 N–H and O–H groups in total. The maximum atomic E-state index is 12.9. The Morgan fingerprint density at radius 3 is 3.00 bits per heavy atom. The lowest BCUT2D eigenvalue weighted by Crippen LogP contribution is -2.31. The number of aliphatic imine (C=N–C) groups is 1. The first-order chi connectivity index (χ1) is 7.13. The molecule has 0 amide bonds. The van der Waals surface area contributed by atoms with Crippen molar-refractivity contribution in [2.45, 2.75) is 13.5 Å². The van der Waals surface area contributed by atoms with E-state index in [0.29, 0.717) is 12.5 Å². The van der Waals surface area contributed by atoms with Crippen molar-refractivity contribution in [1.82, 2.24) is 5.32 Å². The van der Waals surface area contributed by atoms with Crippen molar-refractivity contribution in [3.8, 4) is 0 Å². The van der Waals surface area contributed by atoms with Crippen LogP contribution >= 0.6 is 15.9 Å². The minimum absolute atomic E-state index is 0.273. The molecular formula is C10H13BrFN3. The Morgan fingerprint density at radius 1 is 1.60 bits per heavy atom. The molecule has 0 aliphatic rings. The summed E-state index contributed by atoms with van der Waals surface area (Å²) >= 11 is 3.32. The van der Waals surface area contributed by atoms with E-state index >= 15 is 0 Å². The summed E-state index contributed by atoms with van der Waals surface area (Å²) in [6.07, 6.45) is 0. The third kappa shape index (κ3) is 3.87. The van der Waals surface area contributed by atoms with Crippen LogP contribution in [-0.2, 0) is 6.54 Å². The number of nitrogens with two attached hydrogens (primary N) is 1. The maximum absolute atomic E-state index is 12.9. The van der Waals surface area contributed by atoms with Gasteiger partial charge in [0.25, 0.3) is 0 Å². The molecule has 0 saturated carbocycles. The number of guanidine groups is 1. The van der Waals surface area contributed by atoms with Gasteiger partial charge in [0.1, 0.15) is 5.82 Å². The second-order valence-corrected chi connectivity index (χ2v) is 3.82. The van der Waals surface area contributed by atoms with Crippen molar-refractivity contribution in [2.24, 2.45) is 10.7 Å². The van der Waals surface area contributed by atoms with Gasteiger partial charge in [-0.05, 0) is 30.7 Å². The van der Waals surface area contributed by atoms with E-state index in [1.165, 1.54) is 12.1 Å². The molecule has 0 bridgehead atoms. The summed E-state index contributed by atoms with van der Waals surface area (Å²) < 4.78 is 13.7. The third-order valence-electron chi connectivity index (χ3n) is 1.79. The molecule has 15 heavy (non-hydrogen) atoms. The summed E-state index contributed by atoms with van der Waals surface area (Å²) in [6.45, 7) is 3.01. The van der Waals surface area contributed by atoms with Crippen molar-refractivity contribution in [3.05, 3.63) is 34.1 Å². The van der Waals surface area contributed by atoms with Crippen molar-refractivity contribution >= 4 is 21.9 Å². The van der Waals surface area contributed by atoms with E-state index in [9.17, 15) is 4.39 Å². The van der Waals surface area contributed by atoms with Gasteiger partial charge in [0.15, 0.2) is 5.96 Å². The molecule has 5 heteroatoms. The maximum Gasteiger partial charge on any atom is 0.188 e. The van der Waals surface area contributed by atoms with Gasteiger partial charge in [0.2, 0.25) is 0 Å². The number of nitrogens with one attached hydrogen (secondary N) is 1. The van der Waals surface area contributed by atoms with Crippen LogP contribution in [0.5, 0.6) is 0 Å². The number of benzene rings is 1. The summed E-state index contributed by atoms with van der Waals surface area (Å²) in [5, 5.41) is 2.87. The van der Waals surface area contributed by atoms with Crippen molar-refractivity contribution < 1.29 is 4.39 Å². The molecule has 0 aliphatic carbocycles. The van der Waals surface area contributed by atoms with Gasteiger partial charge in [0, 0.05) is 11.0 Å². The topological polar surface area (TPSA) is 50.4 Å². The van der Waals surface area contributed by atoms with E-state index in [1.54, 1.807) is 6.07 Å². The van der Waals surface area contributed by atoms with Crippen LogP contribution in [0.2, 0.25) is 0 Å². The van der Waals surface area contributed by atoms with Gasteiger partial charge in [-0.2, -0.15) is 0 Å². The second-order valence-electron chi connectivity index (χ2n) is 2.97. The molecule has 0 fully saturated rings. The molecule has 0 heterocycles. The Labute approximate surface area is 96.7 Å². The SMILES string of the molecule is CCNC(N)=NCc1cc(F)ccc1Br. The van der Waals surface area contributed by atoms with E-state index in [4.69, 9.17) is 5.73 Å². The van der Waals surface area contributed by atoms with Crippen LogP contribution < -0.4 is 11.1 Å². The highest BCUT2D eigenvalue weighted by molar-refractivity contribution is 9.10. The lowest BCUT2D eigenvalue weighted by molar-refractivity contribution is 0.625. The quantitative estimate of drug-likeness (QED) is 0.654. The fraction of sp³-hybridized carbons (Fsp3) is 0.300.